The third-order valence-electron chi connectivity index (χ3n) is 3.25. The van der Waals surface area contributed by atoms with E-state index in [1.165, 1.54) is 5.56 Å². The van der Waals surface area contributed by atoms with Gasteiger partial charge in [-0.15, -0.1) is 0 Å². The van der Waals surface area contributed by atoms with Gasteiger partial charge in [0.2, 0.25) is 0 Å². The average molecular weight is 232 g/mol. The van der Waals surface area contributed by atoms with Crippen molar-refractivity contribution in [3.8, 4) is 0 Å². The van der Waals surface area contributed by atoms with E-state index < -0.39 is 0 Å². The molecule has 0 N–H and O–H groups in total. The van der Waals surface area contributed by atoms with Gasteiger partial charge in [-0.2, -0.15) is 0 Å². The van der Waals surface area contributed by atoms with Gasteiger partial charge in [0.15, 0.2) is 5.78 Å². The molecule has 0 spiro atoms. The molecule has 0 aliphatic carbocycles. The van der Waals surface area contributed by atoms with E-state index in [0.29, 0.717) is 18.9 Å². The van der Waals surface area contributed by atoms with E-state index in [9.17, 15) is 4.79 Å². The van der Waals surface area contributed by atoms with Crippen LogP contribution >= 0.6 is 0 Å². The number of ketones is 1. The molecule has 0 saturated carbocycles. The number of carbonyl (C=O) groups is 1. The summed E-state index contributed by atoms with van der Waals surface area (Å²) in [5.41, 5.74) is 2.34. The molecular formula is C15H20O2. The molecule has 17 heavy (non-hydrogen) atoms. The van der Waals surface area contributed by atoms with Gasteiger partial charge in [-0.3, -0.25) is 4.79 Å². The van der Waals surface area contributed by atoms with Gasteiger partial charge >= 0.3 is 0 Å². The predicted molar refractivity (Wildman–Crippen MR) is 67.9 cm³/mol. The maximum absolute atomic E-state index is 12.1. The van der Waals surface area contributed by atoms with Gasteiger partial charge in [-0.25, -0.2) is 0 Å². The molecule has 1 aromatic carbocycles. The SMILES string of the molecule is CC(C)CCC(=O)C1OCCc2ccccc21. The molecular weight excluding hydrogens is 212 g/mol. The Balaban J connectivity index is 2.10. The van der Waals surface area contributed by atoms with Crippen LogP contribution in [0.3, 0.4) is 0 Å². The van der Waals surface area contributed by atoms with Crippen molar-refractivity contribution in [1.82, 2.24) is 0 Å². The van der Waals surface area contributed by atoms with Crippen molar-refractivity contribution in [3.05, 3.63) is 35.4 Å². The van der Waals surface area contributed by atoms with Gasteiger partial charge in [-0.1, -0.05) is 38.1 Å². The normalized spacial score (nSPS) is 19.1. The highest BCUT2D eigenvalue weighted by molar-refractivity contribution is 5.85. The van der Waals surface area contributed by atoms with Gasteiger partial charge in [0, 0.05) is 6.42 Å². The summed E-state index contributed by atoms with van der Waals surface area (Å²) < 4.78 is 5.65. The second-order valence-corrected chi connectivity index (χ2v) is 5.10. The standard InChI is InChI=1S/C15H20O2/c1-11(2)7-8-14(16)15-13-6-4-3-5-12(13)9-10-17-15/h3-6,11,15H,7-10H2,1-2H3. The molecule has 1 atom stereocenters. The van der Waals surface area contributed by atoms with Crippen molar-refractivity contribution in [1.29, 1.82) is 0 Å². The minimum atomic E-state index is -0.321. The van der Waals surface area contributed by atoms with E-state index in [2.05, 4.69) is 19.9 Å². The van der Waals surface area contributed by atoms with Crippen LogP contribution in [0.25, 0.3) is 0 Å². The van der Waals surface area contributed by atoms with Gasteiger partial charge in [0.25, 0.3) is 0 Å². The van der Waals surface area contributed by atoms with Crippen LogP contribution in [0.2, 0.25) is 0 Å². The zero-order valence-corrected chi connectivity index (χ0v) is 10.6. The van der Waals surface area contributed by atoms with Crippen molar-refractivity contribution in [2.45, 2.75) is 39.2 Å². The Kier molecular flexibility index (Phi) is 3.95. The summed E-state index contributed by atoms with van der Waals surface area (Å²) in [6.07, 6.45) is 2.17. The number of Topliss-reactive ketones (excluding diaryl/α,β-unsaturated/α-hetero) is 1. The third kappa shape index (κ3) is 2.95. The van der Waals surface area contributed by atoms with Crippen LogP contribution in [0.5, 0.6) is 0 Å². The summed E-state index contributed by atoms with van der Waals surface area (Å²) >= 11 is 0. The topological polar surface area (TPSA) is 26.3 Å². The molecule has 1 aliphatic heterocycles. The first-order chi connectivity index (χ1) is 8.18. The molecule has 2 rings (SSSR count). The van der Waals surface area contributed by atoms with Crippen LogP contribution in [-0.2, 0) is 16.0 Å². The van der Waals surface area contributed by atoms with Crippen molar-refractivity contribution < 1.29 is 9.53 Å². The van der Waals surface area contributed by atoms with Crippen LogP contribution in [0.15, 0.2) is 24.3 Å². The van der Waals surface area contributed by atoms with E-state index in [4.69, 9.17) is 4.74 Å². The molecule has 0 radical (unpaired) electrons. The lowest BCUT2D eigenvalue weighted by Gasteiger charge is -2.25. The Bertz CT molecular complexity index is 396. The predicted octanol–water partition coefficient (Wildman–Crippen LogP) is 3.31. The Labute approximate surface area is 103 Å². The lowest BCUT2D eigenvalue weighted by atomic mass is 9.92. The largest absolute Gasteiger partial charge is 0.365 e. The molecule has 92 valence electrons. The first kappa shape index (κ1) is 12.3. The summed E-state index contributed by atoms with van der Waals surface area (Å²) in [5, 5.41) is 0. The molecule has 0 bridgehead atoms. The van der Waals surface area contributed by atoms with Crippen LogP contribution in [0, 0.1) is 5.92 Å². The third-order valence-corrected chi connectivity index (χ3v) is 3.25. The number of hydrogen-bond acceptors (Lipinski definition) is 2. The maximum Gasteiger partial charge on any atom is 0.166 e. The van der Waals surface area contributed by atoms with Crippen molar-refractivity contribution in [2.75, 3.05) is 6.61 Å². The van der Waals surface area contributed by atoms with Gasteiger partial charge in [0.05, 0.1) is 6.61 Å². The molecule has 2 nitrogen and oxygen atoms in total. The fourth-order valence-corrected chi connectivity index (χ4v) is 2.22. The Hall–Kier alpha value is -1.15. The molecule has 0 fully saturated rings. The summed E-state index contributed by atoms with van der Waals surface area (Å²) in [4.78, 5) is 12.1. The van der Waals surface area contributed by atoms with Crippen LogP contribution in [-0.4, -0.2) is 12.4 Å². The molecule has 1 unspecified atom stereocenters. The van der Waals surface area contributed by atoms with E-state index in [-0.39, 0.29) is 11.9 Å². The van der Waals surface area contributed by atoms with Gasteiger partial charge in [0.1, 0.15) is 6.10 Å². The molecule has 0 aromatic heterocycles. The number of carbonyl (C=O) groups excluding carboxylic acids is 1. The zero-order valence-electron chi connectivity index (χ0n) is 10.6. The molecule has 1 heterocycles. The highest BCUT2D eigenvalue weighted by atomic mass is 16.5. The lowest BCUT2D eigenvalue weighted by molar-refractivity contribution is -0.132. The summed E-state index contributed by atoms with van der Waals surface area (Å²) in [6.45, 7) is 4.95. The lowest BCUT2D eigenvalue weighted by Crippen LogP contribution is -2.23. The summed E-state index contributed by atoms with van der Waals surface area (Å²) in [6, 6.07) is 8.13. The number of rotatable bonds is 4. The van der Waals surface area contributed by atoms with E-state index in [1.54, 1.807) is 0 Å². The number of ether oxygens (including phenoxy) is 1. The van der Waals surface area contributed by atoms with Gasteiger partial charge in [-0.05, 0) is 29.9 Å². The Morgan fingerprint density at radius 3 is 2.94 bits per heavy atom. The van der Waals surface area contributed by atoms with E-state index in [1.807, 2.05) is 18.2 Å². The van der Waals surface area contributed by atoms with E-state index in [0.717, 1.165) is 18.4 Å². The second kappa shape index (κ2) is 5.46. The molecule has 0 saturated heterocycles. The minimum absolute atomic E-state index is 0.228. The minimum Gasteiger partial charge on any atom is -0.365 e. The Morgan fingerprint density at radius 2 is 2.18 bits per heavy atom. The quantitative estimate of drug-likeness (QED) is 0.796. The number of fused-ring (bicyclic) bond motifs is 1. The highest BCUT2D eigenvalue weighted by Crippen LogP contribution is 2.29. The number of hydrogen-bond donors (Lipinski definition) is 0. The Morgan fingerprint density at radius 1 is 1.41 bits per heavy atom. The molecule has 2 heteroatoms. The monoisotopic (exact) mass is 232 g/mol. The summed E-state index contributed by atoms with van der Waals surface area (Å²) in [7, 11) is 0. The average Bonchev–Trinajstić information content (AvgIpc) is 2.35. The smallest absolute Gasteiger partial charge is 0.166 e. The van der Waals surface area contributed by atoms with Crippen LogP contribution < -0.4 is 0 Å². The molecule has 0 amide bonds. The molecule has 1 aliphatic rings. The highest BCUT2D eigenvalue weighted by Gasteiger charge is 2.26. The van der Waals surface area contributed by atoms with Crippen molar-refractivity contribution in [3.63, 3.8) is 0 Å². The van der Waals surface area contributed by atoms with Crippen molar-refractivity contribution in [2.24, 2.45) is 5.92 Å². The summed E-state index contributed by atoms with van der Waals surface area (Å²) in [5.74, 6) is 0.795. The van der Waals surface area contributed by atoms with Crippen LogP contribution in [0.1, 0.15) is 43.9 Å². The fraction of sp³-hybridized carbons (Fsp3) is 0.533. The van der Waals surface area contributed by atoms with Crippen LogP contribution in [0.4, 0.5) is 0 Å². The maximum atomic E-state index is 12.1. The first-order valence-corrected chi connectivity index (χ1v) is 6.40. The van der Waals surface area contributed by atoms with E-state index >= 15 is 0 Å². The first-order valence-electron chi connectivity index (χ1n) is 6.40. The second-order valence-electron chi connectivity index (χ2n) is 5.10. The van der Waals surface area contributed by atoms with Gasteiger partial charge < -0.3 is 4.74 Å². The zero-order chi connectivity index (χ0) is 12.3. The fourth-order valence-electron chi connectivity index (χ4n) is 2.22. The number of benzene rings is 1. The molecule has 1 aromatic rings. The van der Waals surface area contributed by atoms with Crippen molar-refractivity contribution >= 4 is 5.78 Å².